The first-order valence-corrected chi connectivity index (χ1v) is 12.7. The van der Waals surface area contributed by atoms with E-state index < -0.39 is 12.1 Å². The molecular weight excluding hydrogens is 511 g/mol. The molecule has 1 atom stereocenters. The molecule has 0 radical (unpaired) electrons. The van der Waals surface area contributed by atoms with Gasteiger partial charge in [-0.25, -0.2) is 14.8 Å². The van der Waals surface area contributed by atoms with E-state index in [1.165, 1.54) is 12.0 Å². The first-order valence-electron chi connectivity index (χ1n) is 12.7. The van der Waals surface area contributed by atoms with Gasteiger partial charge in [0.1, 0.15) is 18.1 Å². The Labute approximate surface area is 224 Å². The number of amides is 1. The van der Waals surface area contributed by atoms with Gasteiger partial charge in [-0.1, -0.05) is 60.2 Å². The molecule has 2 aromatic carbocycles. The Morgan fingerprint density at radius 3 is 2.26 bits per heavy atom. The van der Waals surface area contributed by atoms with Crippen LogP contribution in [0.25, 0.3) is 0 Å². The van der Waals surface area contributed by atoms with Crippen LogP contribution in [0.4, 0.5) is 30.5 Å². The average molecular weight is 542 g/mol. The van der Waals surface area contributed by atoms with Gasteiger partial charge < -0.3 is 15.3 Å². The molecule has 2 aliphatic rings. The van der Waals surface area contributed by atoms with Gasteiger partial charge in [0.05, 0.1) is 6.54 Å². The van der Waals surface area contributed by atoms with Gasteiger partial charge in [-0.3, -0.25) is 9.69 Å². The minimum Gasteiger partial charge on any atom is -0.475 e. The third-order valence-electron chi connectivity index (χ3n) is 6.59. The summed E-state index contributed by atoms with van der Waals surface area (Å²) in [6, 6.07) is 18.2. The number of nitrogens with one attached hydrogen (secondary N) is 1. The second-order valence-corrected chi connectivity index (χ2v) is 9.54. The largest absolute Gasteiger partial charge is 0.490 e. The third kappa shape index (κ3) is 7.04. The number of aryl methyl sites for hydroxylation is 1. The molecule has 39 heavy (non-hydrogen) atoms. The predicted octanol–water partition coefficient (Wildman–Crippen LogP) is 4.98. The molecule has 1 saturated heterocycles. The number of hydrogen-bond donors (Lipinski definition) is 2. The maximum atomic E-state index is 13.8. The van der Waals surface area contributed by atoms with E-state index >= 15 is 0 Å². The Hall–Kier alpha value is -4.15. The number of carboxylic acid groups (broad SMARTS) is 1. The fraction of sp³-hybridized carbons (Fsp3) is 0.357. The van der Waals surface area contributed by atoms with Gasteiger partial charge in [0.25, 0.3) is 0 Å². The summed E-state index contributed by atoms with van der Waals surface area (Å²) in [6.07, 6.45) is 0.693. The van der Waals surface area contributed by atoms with Crippen LogP contribution in [0, 0.1) is 6.92 Å². The smallest absolute Gasteiger partial charge is 0.475 e. The van der Waals surface area contributed by atoms with E-state index in [0.717, 1.165) is 54.4 Å². The molecule has 2 N–H and O–H groups in total. The van der Waals surface area contributed by atoms with E-state index in [-0.39, 0.29) is 11.9 Å². The summed E-state index contributed by atoms with van der Waals surface area (Å²) in [5.41, 5.74) is 4.25. The number of carboxylic acids is 1. The molecule has 1 aromatic heterocycles. The fourth-order valence-corrected chi connectivity index (χ4v) is 4.61. The number of hydrogen-bond acceptors (Lipinski definition) is 6. The van der Waals surface area contributed by atoms with E-state index in [4.69, 9.17) is 9.90 Å². The number of fused-ring (bicyclic) bond motifs is 1. The molecule has 0 aliphatic carbocycles. The Bertz CT molecular complexity index is 1280. The van der Waals surface area contributed by atoms with Crippen molar-refractivity contribution >= 4 is 29.2 Å². The number of benzene rings is 2. The molecule has 3 heterocycles. The number of anilines is 3. The molecule has 1 unspecified atom stereocenters. The zero-order valence-corrected chi connectivity index (χ0v) is 21.5. The monoisotopic (exact) mass is 541 g/mol. The molecule has 2 aliphatic heterocycles. The molecule has 1 fully saturated rings. The maximum absolute atomic E-state index is 13.8. The lowest BCUT2D eigenvalue weighted by atomic mass is 10.0. The van der Waals surface area contributed by atoms with Gasteiger partial charge in [0, 0.05) is 19.5 Å². The lowest BCUT2D eigenvalue weighted by Crippen LogP contribution is -2.49. The minimum atomic E-state index is -5.08. The highest BCUT2D eigenvalue weighted by Gasteiger charge is 2.38. The molecule has 0 spiro atoms. The maximum Gasteiger partial charge on any atom is 0.490 e. The summed E-state index contributed by atoms with van der Waals surface area (Å²) in [7, 11) is 0. The summed E-state index contributed by atoms with van der Waals surface area (Å²) in [4.78, 5) is 36.1. The number of carbonyl (C=O) groups is 2. The molecule has 8 nitrogen and oxygen atoms in total. The highest BCUT2D eigenvalue weighted by molar-refractivity contribution is 6.07. The van der Waals surface area contributed by atoms with Crippen molar-refractivity contribution < 1.29 is 27.9 Å². The van der Waals surface area contributed by atoms with Crippen molar-refractivity contribution in [2.45, 2.75) is 51.4 Å². The van der Waals surface area contributed by atoms with Crippen molar-refractivity contribution in [3.8, 4) is 0 Å². The average Bonchev–Trinajstić information content (AvgIpc) is 2.92. The Morgan fingerprint density at radius 1 is 1.00 bits per heavy atom. The zero-order valence-electron chi connectivity index (χ0n) is 21.5. The second kappa shape index (κ2) is 12.1. The van der Waals surface area contributed by atoms with Gasteiger partial charge in [-0.05, 0) is 37.3 Å². The van der Waals surface area contributed by atoms with E-state index in [1.54, 1.807) is 6.33 Å². The Morgan fingerprint density at radius 2 is 1.64 bits per heavy atom. The van der Waals surface area contributed by atoms with E-state index in [2.05, 4.69) is 63.5 Å². The minimum absolute atomic E-state index is 0.0648. The van der Waals surface area contributed by atoms with Crippen LogP contribution in [0.15, 0.2) is 60.9 Å². The number of halogens is 3. The highest BCUT2D eigenvalue weighted by Crippen LogP contribution is 2.39. The van der Waals surface area contributed by atoms with Crippen LogP contribution in [-0.2, 0) is 22.6 Å². The van der Waals surface area contributed by atoms with Crippen molar-refractivity contribution in [3.63, 3.8) is 0 Å². The molecule has 11 heteroatoms. The van der Waals surface area contributed by atoms with Crippen LogP contribution in [-0.4, -0.2) is 52.3 Å². The standard InChI is InChI=1S/C26H29N5O.C2HF3O2/c1-19-10-12-21(13-11-19)17-31-23-24(27-18-28-25(23)30-14-6-3-7-15-30)29-22(26(31)32)16-20-8-4-2-5-9-20;3-2(4,5)1(6)7/h2,4-5,8-13,18,22H,3,6-7,14-17H2,1H3,(H,27,28,29);(H,6,7). The molecule has 206 valence electrons. The van der Waals surface area contributed by atoms with Gasteiger partial charge in [0.2, 0.25) is 5.91 Å². The molecule has 0 saturated carbocycles. The van der Waals surface area contributed by atoms with Crippen molar-refractivity contribution in [2.24, 2.45) is 0 Å². The van der Waals surface area contributed by atoms with Crippen molar-refractivity contribution in [1.29, 1.82) is 0 Å². The van der Waals surface area contributed by atoms with Crippen molar-refractivity contribution in [1.82, 2.24) is 9.97 Å². The van der Waals surface area contributed by atoms with Crippen LogP contribution in [0.3, 0.4) is 0 Å². The Balaban J connectivity index is 0.000000448. The molecule has 1 amide bonds. The van der Waals surface area contributed by atoms with Gasteiger partial charge in [0.15, 0.2) is 11.6 Å². The van der Waals surface area contributed by atoms with Crippen LogP contribution < -0.4 is 15.1 Å². The molecule has 5 rings (SSSR count). The Kier molecular flexibility index (Phi) is 8.68. The number of rotatable bonds is 5. The summed E-state index contributed by atoms with van der Waals surface area (Å²) >= 11 is 0. The number of alkyl halides is 3. The van der Waals surface area contributed by atoms with Crippen LogP contribution >= 0.6 is 0 Å². The first-order chi connectivity index (χ1) is 18.6. The van der Waals surface area contributed by atoms with E-state index in [1.807, 2.05) is 23.1 Å². The number of nitrogens with zero attached hydrogens (tertiary/aromatic N) is 4. The summed E-state index contributed by atoms with van der Waals surface area (Å²) in [6.45, 7) is 4.51. The molecule has 0 bridgehead atoms. The van der Waals surface area contributed by atoms with Gasteiger partial charge in [-0.15, -0.1) is 0 Å². The lowest BCUT2D eigenvalue weighted by Gasteiger charge is -2.38. The number of aliphatic carboxylic acids is 1. The fourth-order valence-electron chi connectivity index (χ4n) is 4.61. The van der Waals surface area contributed by atoms with Gasteiger partial charge in [-0.2, -0.15) is 13.2 Å². The first kappa shape index (κ1) is 27.9. The van der Waals surface area contributed by atoms with Gasteiger partial charge >= 0.3 is 12.1 Å². The summed E-state index contributed by atoms with van der Waals surface area (Å²) in [5.74, 6) is -1.09. The quantitative estimate of drug-likeness (QED) is 0.470. The lowest BCUT2D eigenvalue weighted by molar-refractivity contribution is -0.192. The van der Waals surface area contributed by atoms with E-state index in [0.29, 0.717) is 13.0 Å². The number of carbonyl (C=O) groups excluding carboxylic acids is 1. The third-order valence-corrected chi connectivity index (χ3v) is 6.59. The summed E-state index contributed by atoms with van der Waals surface area (Å²) < 4.78 is 31.7. The van der Waals surface area contributed by atoms with Crippen molar-refractivity contribution in [3.05, 3.63) is 77.6 Å². The van der Waals surface area contributed by atoms with Crippen LogP contribution in [0.1, 0.15) is 36.0 Å². The highest BCUT2D eigenvalue weighted by atomic mass is 19.4. The normalized spacial score (nSPS) is 17.0. The zero-order chi connectivity index (χ0) is 28.0. The number of piperidine rings is 1. The molecular formula is C28H30F3N5O3. The van der Waals surface area contributed by atoms with Crippen LogP contribution in [0.2, 0.25) is 0 Å². The van der Waals surface area contributed by atoms with Crippen molar-refractivity contribution in [2.75, 3.05) is 28.2 Å². The second-order valence-electron chi connectivity index (χ2n) is 9.54. The molecule has 3 aromatic rings. The predicted molar refractivity (Wildman–Crippen MR) is 142 cm³/mol. The SMILES string of the molecule is Cc1ccc(CN2C(=O)C(Cc3ccccc3)Nc3ncnc(N4CCCCC4)c32)cc1.O=C(O)C(F)(F)F. The number of aromatic nitrogens is 2. The topological polar surface area (TPSA) is 98.7 Å². The van der Waals surface area contributed by atoms with Crippen LogP contribution in [0.5, 0.6) is 0 Å². The summed E-state index contributed by atoms with van der Waals surface area (Å²) in [5, 5.41) is 10.6. The van der Waals surface area contributed by atoms with E-state index in [9.17, 15) is 18.0 Å².